The standard InChI is InChI=1S/C17H9F2NO2/c1-2-3-11-4-7-14(16(19)8-11)17(21)22-13-6-5-12(10-20)15(18)9-13/h4-9H,1H3. The van der Waals surface area contributed by atoms with Gasteiger partial charge >= 0.3 is 5.97 Å². The molecule has 0 bridgehead atoms. The number of carbonyl (C=O) groups excluding carboxylic acids is 1. The van der Waals surface area contributed by atoms with Gasteiger partial charge in [-0.3, -0.25) is 0 Å². The van der Waals surface area contributed by atoms with Crippen molar-refractivity contribution in [3.63, 3.8) is 0 Å². The van der Waals surface area contributed by atoms with E-state index in [9.17, 15) is 13.6 Å². The first-order chi connectivity index (χ1) is 10.5. The van der Waals surface area contributed by atoms with Crippen LogP contribution in [0.15, 0.2) is 36.4 Å². The molecule has 0 N–H and O–H groups in total. The van der Waals surface area contributed by atoms with Crippen LogP contribution in [-0.4, -0.2) is 5.97 Å². The second kappa shape index (κ2) is 6.51. The summed E-state index contributed by atoms with van der Waals surface area (Å²) < 4.78 is 32.2. The molecule has 22 heavy (non-hydrogen) atoms. The second-order valence-corrected chi connectivity index (χ2v) is 4.21. The van der Waals surface area contributed by atoms with Gasteiger partial charge in [0.2, 0.25) is 0 Å². The van der Waals surface area contributed by atoms with E-state index in [4.69, 9.17) is 10.00 Å². The molecule has 108 valence electrons. The maximum absolute atomic E-state index is 13.8. The third-order valence-electron chi connectivity index (χ3n) is 2.73. The molecule has 0 aliphatic rings. The maximum atomic E-state index is 13.8. The zero-order chi connectivity index (χ0) is 16.1. The van der Waals surface area contributed by atoms with E-state index in [0.717, 1.165) is 12.1 Å². The number of ether oxygens (including phenoxy) is 1. The Hall–Kier alpha value is -3.18. The van der Waals surface area contributed by atoms with Crippen LogP contribution in [0.3, 0.4) is 0 Å². The number of esters is 1. The minimum absolute atomic E-state index is 0.113. The molecule has 5 heteroatoms. The highest BCUT2D eigenvalue weighted by Crippen LogP contribution is 2.19. The zero-order valence-electron chi connectivity index (χ0n) is 11.5. The lowest BCUT2D eigenvalue weighted by atomic mass is 10.1. The number of halogens is 2. The Bertz CT molecular complexity index is 842. The van der Waals surface area contributed by atoms with Crippen LogP contribution in [-0.2, 0) is 0 Å². The van der Waals surface area contributed by atoms with Gasteiger partial charge in [-0.2, -0.15) is 5.26 Å². The summed E-state index contributed by atoms with van der Waals surface area (Å²) in [5.41, 5.74) is -0.0270. The first kappa shape index (κ1) is 15.2. The third kappa shape index (κ3) is 3.28. The first-order valence-corrected chi connectivity index (χ1v) is 6.19. The van der Waals surface area contributed by atoms with Crippen molar-refractivity contribution in [3.8, 4) is 23.7 Å². The van der Waals surface area contributed by atoms with Gasteiger partial charge in [0.25, 0.3) is 0 Å². The molecule has 0 atom stereocenters. The Labute approximate surface area is 125 Å². The van der Waals surface area contributed by atoms with Gasteiger partial charge in [0.05, 0.1) is 11.1 Å². The Morgan fingerprint density at radius 2 is 1.91 bits per heavy atom. The normalized spacial score (nSPS) is 9.36. The van der Waals surface area contributed by atoms with Gasteiger partial charge in [-0.25, -0.2) is 13.6 Å². The van der Waals surface area contributed by atoms with Crippen LogP contribution in [0.5, 0.6) is 5.75 Å². The molecule has 0 saturated heterocycles. The van der Waals surface area contributed by atoms with Gasteiger partial charge in [-0.15, -0.1) is 5.92 Å². The number of nitriles is 1. The number of nitrogens with zero attached hydrogens (tertiary/aromatic N) is 1. The molecule has 2 aromatic carbocycles. The van der Waals surface area contributed by atoms with E-state index in [2.05, 4.69) is 11.8 Å². The summed E-state index contributed by atoms with van der Waals surface area (Å²) in [5, 5.41) is 8.62. The molecule has 2 aromatic rings. The van der Waals surface area contributed by atoms with Crippen molar-refractivity contribution < 1.29 is 18.3 Å². The van der Waals surface area contributed by atoms with E-state index >= 15 is 0 Å². The van der Waals surface area contributed by atoms with Crippen molar-refractivity contribution in [2.75, 3.05) is 0 Å². The quantitative estimate of drug-likeness (QED) is 0.485. The molecule has 0 aliphatic carbocycles. The highest BCUT2D eigenvalue weighted by atomic mass is 19.1. The van der Waals surface area contributed by atoms with Gasteiger partial charge < -0.3 is 4.74 Å². The fraction of sp³-hybridized carbons (Fsp3) is 0.0588. The number of hydrogen-bond donors (Lipinski definition) is 0. The summed E-state index contributed by atoms with van der Waals surface area (Å²) in [6.07, 6.45) is 0. The van der Waals surface area contributed by atoms with Gasteiger partial charge in [0, 0.05) is 11.6 Å². The Morgan fingerprint density at radius 3 is 2.50 bits per heavy atom. The van der Waals surface area contributed by atoms with Crippen LogP contribution in [0.1, 0.15) is 28.4 Å². The number of hydrogen-bond acceptors (Lipinski definition) is 3. The summed E-state index contributed by atoms with van der Waals surface area (Å²) in [6.45, 7) is 1.61. The van der Waals surface area contributed by atoms with E-state index in [1.807, 2.05) is 0 Å². The molecule has 0 saturated carbocycles. The van der Waals surface area contributed by atoms with E-state index in [1.54, 1.807) is 13.0 Å². The van der Waals surface area contributed by atoms with Crippen LogP contribution < -0.4 is 4.74 Å². The smallest absolute Gasteiger partial charge is 0.346 e. The first-order valence-electron chi connectivity index (χ1n) is 6.19. The van der Waals surface area contributed by atoms with Crippen LogP contribution in [0.4, 0.5) is 8.78 Å². The number of rotatable bonds is 2. The summed E-state index contributed by atoms with van der Waals surface area (Å²) in [7, 11) is 0. The highest BCUT2D eigenvalue weighted by molar-refractivity contribution is 5.91. The Morgan fingerprint density at radius 1 is 1.14 bits per heavy atom. The predicted octanol–water partition coefficient (Wildman–Crippen LogP) is 3.43. The van der Waals surface area contributed by atoms with Gasteiger partial charge in [0.15, 0.2) is 0 Å². The van der Waals surface area contributed by atoms with Gasteiger partial charge in [-0.05, 0) is 37.3 Å². The number of carbonyl (C=O) groups is 1. The molecule has 0 heterocycles. The Balaban J connectivity index is 2.24. The van der Waals surface area contributed by atoms with Crippen molar-refractivity contribution in [2.45, 2.75) is 6.92 Å². The van der Waals surface area contributed by atoms with Crippen LogP contribution in [0, 0.1) is 34.8 Å². The molecule has 0 aromatic heterocycles. The second-order valence-electron chi connectivity index (χ2n) is 4.21. The number of benzene rings is 2. The minimum atomic E-state index is -0.961. The molecule has 0 amide bonds. The van der Waals surface area contributed by atoms with Crippen molar-refractivity contribution in [2.24, 2.45) is 0 Å². The third-order valence-corrected chi connectivity index (χ3v) is 2.73. The molecule has 0 unspecified atom stereocenters. The van der Waals surface area contributed by atoms with Crippen LogP contribution in [0.25, 0.3) is 0 Å². The zero-order valence-corrected chi connectivity index (χ0v) is 11.5. The summed E-state index contributed by atoms with van der Waals surface area (Å²) in [6, 6.07) is 8.82. The van der Waals surface area contributed by atoms with E-state index in [1.165, 1.54) is 24.3 Å². The van der Waals surface area contributed by atoms with Gasteiger partial charge in [0.1, 0.15) is 23.5 Å². The van der Waals surface area contributed by atoms with Crippen molar-refractivity contribution in [1.29, 1.82) is 5.26 Å². The lowest BCUT2D eigenvalue weighted by Gasteiger charge is -2.06. The molecule has 3 nitrogen and oxygen atoms in total. The minimum Gasteiger partial charge on any atom is -0.423 e. The molecular weight excluding hydrogens is 288 g/mol. The van der Waals surface area contributed by atoms with Crippen molar-refractivity contribution in [3.05, 3.63) is 64.7 Å². The average molecular weight is 297 g/mol. The molecule has 2 rings (SSSR count). The summed E-state index contributed by atoms with van der Waals surface area (Å²) in [4.78, 5) is 11.9. The summed E-state index contributed by atoms with van der Waals surface area (Å²) in [5.74, 6) is 2.61. The maximum Gasteiger partial charge on any atom is 0.346 e. The topological polar surface area (TPSA) is 50.1 Å². The summed E-state index contributed by atoms with van der Waals surface area (Å²) >= 11 is 0. The lowest BCUT2D eigenvalue weighted by Crippen LogP contribution is -2.11. The predicted molar refractivity (Wildman–Crippen MR) is 75.0 cm³/mol. The average Bonchev–Trinajstić information content (AvgIpc) is 2.47. The van der Waals surface area contributed by atoms with Crippen LogP contribution in [0.2, 0.25) is 0 Å². The molecule has 0 fully saturated rings. The van der Waals surface area contributed by atoms with Crippen LogP contribution >= 0.6 is 0 Å². The molecular formula is C17H9F2NO2. The fourth-order valence-corrected chi connectivity index (χ4v) is 1.71. The molecule has 0 radical (unpaired) electrons. The SMILES string of the molecule is CC#Cc1ccc(C(=O)Oc2ccc(C#N)c(F)c2)c(F)c1. The van der Waals surface area contributed by atoms with E-state index < -0.39 is 17.6 Å². The molecule has 0 aliphatic heterocycles. The lowest BCUT2D eigenvalue weighted by molar-refractivity contribution is 0.0729. The highest BCUT2D eigenvalue weighted by Gasteiger charge is 2.15. The van der Waals surface area contributed by atoms with E-state index in [-0.39, 0.29) is 16.9 Å². The molecule has 0 spiro atoms. The van der Waals surface area contributed by atoms with Crippen molar-refractivity contribution in [1.82, 2.24) is 0 Å². The monoisotopic (exact) mass is 297 g/mol. The van der Waals surface area contributed by atoms with Crippen molar-refractivity contribution >= 4 is 5.97 Å². The Kier molecular flexibility index (Phi) is 4.50. The van der Waals surface area contributed by atoms with Gasteiger partial charge in [-0.1, -0.05) is 5.92 Å². The largest absolute Gasteiger partial charge is 0.423 e. The fourth-order valence-electron chi connectivity index (χ4n) is 1.71. The van der Waals surface area contributed by atoms with E-state index in [0.29, 0.717) is 5.56 Å².